The van der Waals surface area contributed by atoms with Crippen LogP contribution in [0.3, 0.4) is 0 Å². The van der Waals surface area contributed by atoms with Gasteiger partial charge < -0.3 is 10.1 Å². The number of hydrogen-bond acceptors (Lipinski definition) is 3. The molecule has 112 valence electrons. The summed E-state index contributed by atoms with van der Waals surface area (Å²) in [7, 11) is 0. The van der Waals surface area contributed by atoms with Crippen molar-refractivity contribution in [2.45, 2.75) is 32.9 Å². The van der Waals surface area contributed by atoms with Gasteiger partial charge >= 0.3 is 5.97 Å². The SMILES string of the molecule is C=C(C)C(=O)N[C@@H](C)[C@H](OC(=O)C(=C)C)c1ccccc1. The molecule has 21 heavy (non-hydrogen) atoms. The van der Waals surface area contributed by atoms with Gasteiger partial charge in [-0.2, -0.15) is 0 Å². The van der Waals surface area contributed by atoms with E-state index in [1.807, 2.05) is 30.3 Å². The number of rotatable bonds is 6. The third-order valence-corrected chi connectivity index (χ3v) is 2.91. The molecule has 4 nitrogen and oxygen atoms in total. The Morgan fingerprint density at radius 2 is 1.67 bits per heavy atom. The Labute approximate surface area is 125 Å². The summed E-state index contributed by atoms with van der Waals surface area (Å²) < 4.78 is 5.46. The Bertz CT molecular complexity index is 548. The summed E-state index contributed by atoms with van der Waals surface area (Å²) in [5, 5.41) is 2.78. The largest absolute Gasteiger partial charge is 0.452 e. The van der Waals surface area contributed by atoms with E-state index in [1.165, 1.54) is 0 Å². The molecule has 0 aliphatic rings. The summed E-state index contributed by atoms with van der Waals surface area (Å²) in [5.74, 6) is -0.755. The van der Waals surface area contributed by atoms with E-state index < -0.39 is 12.1 Å². The summed E-state index contributed by atoms with van der Waals surface area (Å²) in [6.07, 6.45) is -0.585. The van der Waals surface area contributed by atoms with Gasteiger partial charge in [0.25, 0.3) is 0 Å². The summed E-state index contributed by atoms with van der Waals surface area (Å²) >= 11 is 0. The zero-order valence-electron chi connectivity index (χ0n) is 12.7. The van der Waals surface area contributed by atoms with Crippen molar-refractivity contribution in [2.24, 2.45) is 0 Å². The van der Waals surface area contributed by atoms with Gasteiger partial charge in [-0.25, -0.2) is 4.79 Å². The van der Waals surface area contributed by atoms with Crippen LogP contribution < -0.4 is 5.32 Å². The van der Waals surface area contributed by atoms with Gasteiger partial charge in [0.2, 0.25) is 5.91 Å². The van der Waals surface area contributed by atoms with E-state index in [2.05, 4.69) is 18.5 Å². The first-order valence-corrected chi connectivity index (χ1v) is 6.70. The van der Waals surface area contributed by atoms with E-state index in [4.69, 9.17) is 4.74 Å². The van der Waals surface area contributed by atoms with Gasteiger partial charge in [0.05, 0.1) is 6.04 Å². The average Bonchev–Trinajstić information content (AvgIpc) is 2.44. The van der Waals surface area contributed by atoms with Gasteiger partial charge in [-0.15, -0.1) is 0 Å². The van der Waals surface area contributed by atoms with Crippen molar-refractivity contribution in [3.8, 4) is 0 Å². The molecular weight excluding hydrogens is 266 g/mol. The maximum atomic E-state index is 11.8. The summed E-state index contributed by atoms with van der Waals surface area (Å²) in [5.41, 5.74) is 1.52. The van der Waals surface area contributed by atoms with Gasteiger partial charge in [0.15, 0.2) is 0 Å². The number of carbonyl (C=O) groups excluding carboxylic acids is 2. The number of amides is 1. The fourth-order valence-electron chi connectivity index (χ4n) is 1.72. The van der Waals surface area contributed by atoms with E-state index in [0.29, 0.717) is 11.1 Å². The van der Waals surface area contributed by atoms with Gasteiger partial charge in [0.1, 0.15) is 6.10 Å². The van der Waals surface area contributed by atoms with Gasteiger partial charge in [-0.3, -0.25) is 4.79 Å². The highest BCUT2D eigenvalue weighted by Crippen LogP contribution is 2.22. The molecule has 1 N–H and O–H groups in total. The highest BCUT2D eigenvalue weighted by molar-refractivity contribution is 5.92. The van der Waals surface area contributed by atoms with Gasteiger partial charge in [0, 0.05) is 11.1 Å². The van der Waals surface area contributed by atoms with Crippen LogP contribution in [0.2, 0.25) is 0 Å². The lowest BCUT2D eigenvalue weighted by Crippen LogP contribution is -2.39. The molecular formula is C17H21NO3. The van der Waals surface area contributed by atoms with Gasteiger partial charge in [-0.05, 0) is 26.3 Å². The molecule has 0 aliphatic heterocycles. The second-order valence-electron chi connectivity index (χ2n) is 5.06. The lowest BCUT2D eigenvalue weighted by atomic mass is 10.0. The first-order valence-electron chi connectivity index (χ1n) is 6.70. The van der Waals surface area contributed by atoms with E-state index in [-0.39, 0.29) is 11.9 Å². The van der Waals surface area contributed by atoms with E-state index in [9.17, 15) is 9.59 Å². The molecule has 1 aromatic rings. The second-order valence-corrected chi connectivity index (χ2v) is 5.06. The van der Waals surface area contributed by atoms with Crippen LogP contribution in [-0.2, 0) is 14.3 Å². The van der Waals surface area contributed by atoms with Crippen molar-refractivity contribution < 1.29 is 14.3 Å². The molecule has 0 fully saturated rings. The average molecular weight is 287 g/mol. The summed E-state index contributed by atoms with van der Waals surface area (Å²) in [6, 6.07) is 8.88. The minimum atomic E-state index is -0.585. The molecule has 4 heteroatoms. The summed E-state index contributed by atoms with van der Waals surface area (Å²) in [4.78, 5) is 23.5. The summed E-state index contributed by atoms with van der Waals surface area (Å²) in [6.45, 7) is 12.2. The molecule has 1 rings (SSSR count). The van der Waals surface area contributed by atoms with Crippen molar-refractivity contribution in [1.29, 1.82) is 0 Å². The number of nitrogens with one attached hydrogen (secondary N) is 1. The minimum absolute atomic E-state index is 0.269. The predicted octanol–water partition coefficient (Wildman–Crippen LogP) is 2.93. The van der Waals surface area contributed by atoms with Crippen LogP contribution in [0.5, 0.6) is 0 Å². The molecule has 0 heterocycles. The highest BCUT2D eigenvalue weighted by Gasteiger charge is 2.25. The zero-order valence-corrected chi connectivity index (χ0v) is 12.7. The van der Waals surface area contributed by atoms with Crippen LogP contribution in [0, 0.1) is 0 Å². The quantitative estimate of drug-likeness (QED) is 0.646. The fourth-order valence-corrected chi connectivity index (χ4v) is 1.72. The van der Waals surface area contributed by atoms with Crippen molar-refractivity contribution >= 4 is 11.9 Å². The van der Waals surface area contributed by atoms with E-state index in [1.54, 1.807) is 20.8 Å². The standard InChI is InChI=1S/C17H21NO3/c1-11(2)16(19)18-13(5)15(21-17(20)12(3)4)14-9-7-6-8-10-14/h6-10,13,15H,1,3H2,2,4-5H3,(H,18,19)/t13-,15-/m0/s1. The maximum Gasteiger partial charge on any atom is 0.333 e. The Balaban J connectivity index is 2.96. The number of benzene rings is 1. The lowest BCUT2D eigenvalue weighted by molar-refractivity contribution is -0.146. The molecule has 2 atom stereocenters. The van der Waals surface area contributed by atoms with Crippen molar-refractivity contribution in [3.05, 3.63) is 60.2 Å². The molecule has 0 radical (unpaired) electrons. The molecule has 0 aliphatic carbocycles. The Hall–Kier alpha value is -2.36. The smallest absolute Gasteiger partial charge is 0.333 e. The second kappa shape index (κ2) is 7.43. The van der Waals surface area contributed by atoms with Crippen LogP contribution >= 0.6 is 0 Å². The molecule has 1 amide bonds. The van der Waals surface area contributed by atoms with Crippen molar-refractivity contribution in [2.75, 3.05) is 0 Å². The van der Waals surface area contributed by atoms with Crippen molar-refractivity contribution in [1.82, 2.24) is 5.32 Å². The molecule has 0 saturated carbocycles. The van der Waals surface area contributed by atoms with Gasteiger partial charge in [-0.1, -0.05) is 43.5 Å². The molecule has 0 unspecified atom stereocenters. The Morgan fingerprint density at radius 3 is 2.14 bits per heavy atom. The normalized spacial score (nSPS) is 12.9. The highest BCUT2D eigenvalue weighted by atomic mass is 16.5. The first kappa shape index (κ1) is 16.7. The Kier molecular flexibility index (Phi) is 5.91. The van der Waals surface area contributed by atoms with Crippen LogP contribution in [0.25, 0.3) is 0 Å². The van der Waals surface area contributed by atoms with Crippen molar-refractivity contribution in [3.63, 3.8) is 0 Å². The third kappa shape index (κ3) is 4.91. The van der Waals surface area contributed by atoms with Crippen LogP contribution in [0.15, 0.2) is 54.6 Å². The van der Waals surface area contributed by atoms with Crippen LogP contribution in [0.4, 0.5) is 0 Å². The Morgan fingerprint density at radius 1 is 1.10 bits per heavy atom. The van der Waals surface area contributed by atoms with E-state index >= 15 is 0 Å². The number of carbonyl (C=O) groups is 2. The predicted molar refractivity (Wildman–Crippen MR) is 82.5 cm³/mol. The third-order valence-electron chi connectivity index (χ3n) is 2.91. The van der Waals surface area contributed by atoms with Crippen LogP contribution in [0.1, 0.15) is 32.4 Å². The topological polar surface area (TPSA) is 55.4 Å². The van der Waals surface area contributed by atoms with E-state index in [0.717, 1.165) is 5.56 Å². The molecule has 0 spiro atoms. The fraction of sp³-hybridized carbons (Fsp3) is 0.294. The number of esters is 1. The number of hydrogen-bond donors (Lipinski definition) is 1. The zero-order chi connectivity index (χ0) is 16.0. The molecule has 0 saturated heterocycles. The van der Waals surface area contributed by atoms with Crippen LogP contribution in [-0.4, -0.2) is 17.9 Å². The molecule has 0 aromatic heterocycles. The lowest BCUT2D eigenvalue weighted by Gasteiger charge is -2.25. The minimum Gasteiger partial charge on any atom is -0.452 e. The molecule has 1 aromatic carbocycles. The molecule has 0 bridgehead atoms. The number of ether oxygens (including phenoxy) is 1. The monoisotopic (exact) mass is 287 g/mol. The maximum absolute atomic E-state index is 11.8. The first-order chi connectivity index (χ1) is 9.82.